The Balaban J connectivity index is 1.95. The molecule has 5 nitrogen and oxygen atoms in total. The maximum atomic E-state index is 5.74. The summed E-state index contributed by atoms with van der Waals surface area (Å²) in [7, 11) is 0. The van der Waals surface area contributed by atoms with Gasteiger partial charge in [0.1, 0.15) is 6.26 Å². The Morgan fingerprint density at radius 3 is 2.84 bits per heavy atom. The number of aromatic nitrogens is 1. The molecule has 2 N–H and O–H groups in total. The van der Waals surface area contributed by atoms with E-state index < -0.39 is 0 Å². The molecule has 19 heavy (non-hydrogen) atoms. The first kappa shape index (κ1) is 12.0. The van der Waals surface area contributed by atoms with Crippen molar-refractivity contribution in [1.82, 2.24) is 4.98 Å². The van der Waals surface area contributed by atoms with E-state index in [2.05, 4.69) is 4.98 Å². The zero-order valence-corrected chi connectivity index (χ0v) is 11.0. The molecule has 5 heteroatoms. The average Bonchev–Trinajstić information content (AvgIpc) is 3.06. The van der Waals surface area contributed by atoms with Gasteiger partial charge in [-0.3, -0.25) is 0 Å². The summed E-state index contributed by atoms with van der Waals surface area (Å²) in [5.74, 6) is 2.03. The number of nitrogens with zero attached hydrogens (tertiary/aromatic N) is 1. The smallest absolute Gasteiger partial charge is 0.231 e. The van der Waals surface area contributed by atoms with Crippen molar-refractivity contribution in [1.29, 1.82) is 0 Å². The molecule has 0 spiro atoms. The first-order chi connectivity index (χ1) is 9.10. The number of ether oxygens (including phenoxy) is 2. The van der Waals surface area contributed by atoms with E-state index in [1.165, 1.54) is 0 Å². The third-order valence-electron chi connectivity index (χ3n) is 3.33. The maximum Gasteiger partial charge on any atom is 0.231 e. The minimum Gasteiger partial charge on any atom is -0.454 e. The van der Waals surface area contributed by atoms with Crippen LogP contribution in [0.15, 0.2) is 28.9 Å². The van der Waals surface area contributed by atoms with Gasteiger partial charge in [0.05, 0.1) is 5.69 Å². The summed E-state index contributed by atoms with van der Waals surface area (Å²) in [5.41, 5.74) is 7.26. The molecule has 100 valence electrons. The fourth-order valence-corrected chi connectivity index (χ4v) is 1.85. The Morgan fingerprint density at radius 2 is 2.05 bits per heavy atom. The van der Waals surface area contributed by atoms with Crippen molar-refractivity contribution in [3.63, 3.8) is 0 Å². The van der Waals surface area contributed by atoms with Crippen molar-refractivity contribution in [3.8, 4) is 23.0 Å². The van der Waals surface area contributed by atoms with Gasteiger partial charge in [0.2, 0.25) is 12.7 Å². The molecule has 0 atom stereocenters. The zero-order chi connectivity index (χ0) is 13.5. The van der Waals surface area contributed by atoms with Gasteiger partial charge in [0, 0.05) is 17.5 Å². The highest BCUT2D eigenvalue weighted by Gasteiger charge is 2.24. The van der Waals surface area contributed by atoms with Crippen LogP contribution in [-0.2, 0) is 5.41 Å². The topological polar surface area (TPSA) is 70.5 Å². The van der Waals surface area contributed by atoms with Crippen molar-refractivity contribution in [3.05, 3.63) is 30.2 Å². The fraction of sp³-hybridized carbons (Fsp3) is 0.357. The predicted molar refractivity (Wildman–Crippen MR) is 70.1 cm³/mol. The van der Waals surface area contributed by atoms with Crippen LogP contribution in [0.5, 0.6) is 11.5 Å². The van der Waals surface area contributed by atoms with Gasteiger partial charge in [-0.15, -0.1) is 0 Å². The van der Waals surface area contributed by atoms with E-state index in [1.54, 1.807) is 6.26 Å². The predicted octanol–water partition coefficient (Wildman–Crippen LogP) is 2.31. The normalized spacial score (nSPS) is 13.8. The average molecular weight is 260 g/mol. The summed E-state index contributed by atoms with van der Waals surface area (Å²) in [6.45, 7) is 4.85. The van der Waals surface area contributed by atoms with Gasteiger partial charge in [-0.25, -0.2) is 4.98 Å². The molecule has 0 aliphatic carbocycles. The van der Waals surface area contributed by atoms with E-state index in [0.717, 1.165) is 22.8 Å². The molecule has 0 amide bonds. The molecule has 0 fully saturated rings. The molecule has 1 aliphatic rings. The van der Waals surface area contributed by atoms with E-state index in [1.807, 2.05) is 32.0 Å². The Hall–Kier alpha value is -2.01. The lowest BCUT2D eigenvalue weighted by atomic mass is 9.90. The van der Waals surface area contributed by atoms with Gasteiger partial charge < -0.3 is 19.6 Å². The molecular weight excluding hydrogens is 244 g/mol. The van der Waals surface area contributed by atoms with E-state index in [4.69, 9.17) is 19.6 Å². The van der Waals surface area contributed by atoms with Crippen LogP contribution < -0.4 is 15.2 Å². The van der Waals surface area contributed by atoms with Gasteiger partial charge in [0.25, 0.3) is 0 Å². The highest BCUT2D eigenvalue weighted by Crippen LogP contribution is 2.36. The summed E-state index contributed by atoms with van der Waals surface area (Å²) in [6.07, 6.45) is 1.66. The molecule has 0 saturated carbocycles. The van der Waals surface area contributed by atoms with Crippen LogP contribution in [0.2, 0.25) is 0 Å². The largest absolute Gasteiger partial charge is 0.454 e. The summed E-state index contributed by atoms with van der Waals surface area (Å²) >= 11 is 0. The number of nitrogens with two attached hydrogens (primary N) is 1. The molecule has 3 rings (SSSR count). The number of hydrogen-bond donors (Lipinski definition) is 1. The molecule has 0 bridgehead atoms. The van der Waals surface area contributed by atoms with E-state index in [-0.39, 0.29) is 12.2 Å². The monoisotopic (exact) mass is 260 g/mol. The minimum absolute atomic E-state index is 0.196. The standard InChI is InChI=1S/C14H16N2O3/c1-14(2,7-15)12-6-17-13(16-12)9-3-4-10-11(5-9)19-8-18-10/h3-6H,7-8,15H2,1-2H3. The molecular formula is C14H16N2O3. The Bertz CT molecular complexity index is 604. The Kier molecular flexibility index (Phi) is 2.71. The van der Waals surface area contributed by atoms with Crippen molar-refractivity contribution >= 4 is 0 Å². The SMILES string of the molecule is CC(C)(CN)c1coc(-c2ccc3c(c2)OCO3)n1. The molecule has 0 radical (unpaired) electrons. The number of rotatable bonds is 3. The second-order valence-electron chi connectivity index (χ2n) is 5.19. The van der Waals surface area contributed by atoms with Crippen LogP contribution in [-0.4, -0.2) is 18.3 Å². The summed E-state index contributed by atoms with van der Waals surface area (Å²) in [6, 6.07) is 5.63. The lowest BCUT2D eigenvalue weighted by molar-refractivity contribution is 0.174. The molecule has 1 aromatic carbocycles. The van der Waals surface area contributed by atoms with Crippen LogP contribution >= 0.6 is 0 Å². The lowest BCUT2D eigenvalue weighted by Gasteiger charge is -2.18. The second kappa shape index (κ2) is 4.28. The molecule has 2 heterocycles. The van der Waals surface area contributed by atoms with E-state index in [0.29, 0.717) is 12.4 Å². The number of benzene rings is 1. The summed E-state index contributed by atoms with van der Waals surface area (Å²) in [4.78, 5) is 4.51. The van der Waals surface area contributed by atoms with Crippen molar-refractivity contribution in [2.24, 2.45) is 5.73 Å². The summed E-state index contributed by atoms with van der Waals surface area (Å²) < 4.78 is 16.2. The quantitative estimate of drug-likeness (QED) is 0.917. The van der Waals surface area contributed by atoms with E-state index in [9.17, 15) is 0 Å². The highest BCUT2D eigenvalue weighted by atomic mass is 16.7. The van der Waals surface area contributed by atoms with Crippen LogP contribution in [0.4, 0.5) is 0 Å². The summed E-state index contributed by atoms with van der Waals surface area (Å²) in [5, 5.41) is 0. The lowest BCUT2D eigenvalue weighted by Crippen LogP contribution is -2.28. The van der Waals surface area contributed by atoms with Crippen LogP contribution in [0.1, 0.15) is 19.5 Å². The van der Waals surface area contributed by atoms with E-state index >= 15 is 0 Å². The number of oxazole rings is 1. The number of fused-ring (bicyclic) bond motifs is 1. The molecule has 1 aromatic heterocycles. The van der Waals surface area contributed by atoms with Crippen LogP contribution in [0.3, 0.4) is 0 Å². The molecule has 0 unspecified atom stereocenters. The second-order valence-corrected chi connectivity index (χ2v) is 5.19. The molecule has 1 aliphatic heterocycles. The fourth-order valence-electron chi connectivity index (χ4n) is 1.85. The van der Waals surface area contributed by atoms with Gasteiger partial charge in [-0.05, 0) is 18.2 Å². The maximum absolute atomic E-state index is 5.74. The number of hydrogen-bond acceptors (Lipinski definition) is 5. The van der Waals surface area contributed by atoms with Crippen molar-refractivity contribution < 1.29 is 13.9 Å². The third-order valence-corrected chi connectivity index (χ3v) is 3.33. The van der Waals surface area contributed by atoms with Crippen LogP contribution in [0.25, 0.3) is 11.5 Å². The first-order valence-electron chi connectivity index (χ1n) is 6.16. The van der Waals surface area contributed by atoms with Gasteiger partial charge in [-0.2, -0.15) is 0 Å². The van der Waals surface area contributed by atoms with Gasteiger partial charge in [-0.1, -0.05) is 13.8 Å². The van der Waals surface area contributed by atoms with Gasteiger partial charge in [0.15, 0.2) is 11.5 Å². The molecule has 0 saturated heterocycles. The zero-order valence-electron chi connectivity index (χ0n) is 11.0. The van der Waals surface area contributed by atoms with Gasteiger partial charge >= 0.3 is 0 Å². The first-order valence-corrected chi connectivity index (χ1v) is 6.16. The minimum atomic E-state index is -0.196. The molecule has 2 aromatic rings. The Labute approximate surface area is 111 Å². The van der Waals surface area contributed by atoms with Crippen molar-refractivity contribution in [2.45, 2.75) is 19.3 Å². The Morgan fingerprint density at radius 1 is 1.26 bits per heavy atom. The highest BCUT2D eigenvalue weighted by molar-refractivity contribution is 5.60. The van der Waals surface area contributed by atoms with Crippen molar-refractivity contribution in [2.75, 3.05) is 13.3 Å². The van der Waals surface area contributed by atoms with Crippen LogP contribution in [0, 0.1) is 0 Å². The third kappa shape index (κ3) is 2.06.